The van der Waals surface area contributed by atoms with Crippen LogP contribution in [-0.4, -0.2) is 49.0 Å². The molecule has 4 nitrogen and oxygen atoms in total. The van der Waals surface area contributed by atoms with Gasteiger partial charge in [-0.2, -0.15) is 0 Å². The summed E-state index contributed by atoms with van der Waals surface area (Å²) in [6.45, 7) is 2.20. The molecule has 0 unspecified atom stereocenters. The van der Waals surface area contributed by atoms with Gasteiger partial charge in [-0.1, -0.05) is 24.6 Å². The fourth-order valence-corrected chi connectivity index (χ4v) is 2.15. The summed E-state index contributed by atoms with van der Waals surface area (Å²) in [6.07, 6.45) is 6.63. The van der Waals surface area contributed by atoms with Crippen molar-refractivity contribution in [3.8, 4) is 12.3 Å². The molecule has 4 atom stereocenters. The minimum Gasteiger partial charge on any atom is -0.469 e. The zero-order chi connectivity index (χ0) is 13.5. The standard InChI is InChI=1S/C12H18O4S2/c1-5-7-14-10-9(16-12(17)18-4)8(6-2)15-11(10)13-3/h1,8-11H,6-7H2,2-4H3/t8-,9-,10+,11+/m0/s1. The number of rotatable bonds is 5. The quantitative estimate of drug-likeness (QED) is 0.568. The second kappa shape index (κ2) is 7.97. The molecule has 1 fully saturated rings. The molecule has 0 N–H and O–H groups in total. The highest BCUT2D eigenvalue weighted by Crippen LogP contribution is 2.30. The molecule has 0 aromatic carbocycles. The van der Waals surface area contributed by atoms with Crippen molar-refractivity contribution in [1.29, 1.82) is 0 Å². The second-order valence-electron chi connectivity index (χ2n) is 3.70. The molecule has 18 heavy (non-hydrogen) atoms. The van der Waals surface area contributed by atoms with E-state index in [0.29, 0.717) is 4.38 Å². The van der Waals surface area contributed by atoms with Gasteiger partial charge in [0, 0.05) is 7.11 Å². The lowest BCUT2D eigenvalue weighted by Crippen LogP contribution is -2.39. The average molecular weight is 290 g/mol. The van der Waals surface area contributed by atoms with E-state index in [9.17, 15) is 0 Å². The van der Waals surface area contributed by atoms with Crippen LogP contribution in [0.15, 0.2) is 0 Å². The van der Waals surface area contributed by atoms with Gasteiger partial charge < -0.3 is 18.9 Å². The maximum atomic E-state index is 5.72. The molecule has 0 bridgehead atoms. The Kier molecular flexibility index (Phi) is 6.97. The number of ether oxygens (including phenoxy) is 4. The third-order valence-electron chi connectivity index (χ3n) is 2.66. The molecule has 0 aromatic heterocycles. The lowest BCUT2D eigenvalue weighted by atomic mass is 10.1. The normalized spacial score (nSPS) is 31.0. The molecule has 102 valence electrons. The smallest absolute Gasteiger partial charge is 0.220 e. The molecule has 0 aliphatic carbocycles. The topological polar surface area (TPSA) is 36.9 Å². The highest BCUT2D eigenvalue weighted by atomic mass is 32.2. The maximum absolute atomic E-state index is 5.72. The molecule has 0 saturated carbocycles. The van der Waals surface area contributed by atoms with E-state index >= 15 is 0 Å². The number of methoxy groups -OCH3 is 1. The van der Waals surface area contributed by atoms with E-state index in [1.807, 2.05) is 13.2 Å². The zero-order valence-electron chi connectivity index (χ0n) is 10.8. The van der Waals surface area contributed by atoms with Crippen molar-refractivity contribution in [2.24, 2.45) is 0 Å². The SMILES string of the molecule is C#CCO[C@H]1[C@H](OC)O[C@@H](CC)[C@@H]1OC(=S)SC. The summed E-state index contributed by atoms with van der Waals surface area (Å²) in [5.74, 6) is 2.43. The average Bonchev–Trinajstić information content (AvgIpc) is 2.73. The summed E-state index contributed by atoms with van der Waals surface area (Å²) in [5.41, 5.74) is 0. The molecule has 1 saturated heterocycles. The Morgan fingerprint density at radius 2 is 2.22 bits per heavy atom. The molecule has 6 heteroatoms. The van der Waals surface area contributed by atoms with Crippen LogP contribution in [-0.2, 0) is 18.9 Å². The van der Waals surface area contributed by atoms with Gasteiger partial charge in [-0.15, -0.1) is 6.42 Å². The van der Waals surface area contributed by atoms with Crippen LogP contribution in [0.5, 0.6) is 0 Å². The summed E-state index contributed by atoms with van der Waals surface area (Å²) >= 11 is 6.46. The third-order valence-corrected chi connectivity index (χ3v) is 3.69. The van der Waals surface area contributed by atoms with Gasteiger partial charge in [0.1, 0.15) is 18.8 Å². The van der Waals surface area contributed by atoms with Crippen molar-refractivity contribution < 1.29 is 18.9 Å². The molecule has 1 aliphatic rings. The zero-order valence-corrected chi connectivity index (χ0v) is 12.4. The molecular weight excluding hydrogens is 272 g/mol. The number of terminal acetylenes is 1. The van der Waals surface area contributed by atoms with Crippen molar-refractivity contribution in [1.82, 2.24) is 0 Å². The molecule has 1 aliphatic heterocycles. The first-order chi connectivity index (χ1) is 8.67. The first-order valence-electron chi connectivity index (χ1n) is 5.65. The van der Waals surface area contributed by atoms with E-state index in [0.717, 1.165) is 6.42 Å². The Labute approximate surface area is 118 Å². The Bertz CT molecular complexity index is 316. The molecule has 0 radical (unpaired) electrons. The van der Waals surface area contributed by atoms with E-state index in [1.54, 1.807) is 7.11 Å². The molecule has 0 amide bonds. The van der Waals surface area contributed by atoms with Crippen molar-refractivity contribution in [3.63, 3.8) is 0 Å². The van der Waals surface area contributed by atoms with Crippen molar-refractivity contribution >= 4 is 28.4 Å². The van der Waals surface area contributed by atoms with Crippen LogP contribution in [0.3, 0.4) is 0 Å². The monoisotopic (exact) mass is 290 g/mol. The van der Waals surface area contributed by atoms with Crippen LogP contribution in [0.4, 0.5) is 0 Å². The highest BCUT2D eigenvalue weighted by molar-refractivity contribution is 8.22. The predicted molar refractivity (Wildman–Crippen MR) is 75.5 cm³/mol. The van der Waals surface area contributed by atoms with Crippen LogP contribution in [0.2, 0.25) is 0 Å². The van der Waals surface area contributed by atoms with E-state index in [1.165, 1.54) is 11.8 Å². The van der Waals surface area contributed by atoms with Gasteiger partial charge in [-0.3, -0.25) is 0 Å². The van der Waals surface area contributed by atoms with Crippen LogP contribution >= 0.6 is 24.0 Å². The minimum atomic E-state index is -0.474. The minimum absolute atomic E-state index is 0.108. The molecule has 1 heterocycles. The van der Waals surface area contributed by atoms with Gasteiger partial charge in [0.2, 0.25) is 4.38 Å². The van der Waals surface area contributed by atoms with E-state index in [-0.39, 0.29) is 24.9 Å². The summed E-state index contributed by atoms with van der Waals surface area (Å²) in [5, 5.41) is 0. The summed E-state index contributed by atoms with van der Waals surface area (Å²) in [7, 11) is 1.57. The summed E-state index contributed by atoms with van der Waals surface area (Å²) in [6, 6.07) is 0. The Balaban J connectivity index is 2.76. The van der Waals surface area contributed by atoms with E-state index < -0.39 is 6.29 Å². The molecule has 0 aromatic rings. The van der Waals surface area contributed by atoms with Crippen LogP contribution < -0.4 is 0 Å². The predicted octanol–water partition coefficient (Wildman–Crippen LogP) is 1.82. The number of hydrogen-bond donors (Lipinski definition) is 0. The van der Waals surface area contributed by atoms with E-state index in [4.69, 9.17) is 37.6 Å². The fourth-order valence-electron chi connectivity index (χ4n) is 1.83. The first-order valence-corrected chi connectivity index (χ1v) is 7.29. The van der Waals surface area contributed by atoms with Crippen LogP contribution in [0.25, 0.3) is 0 Å². The van der Waals surface area contributed by atoms with Gasteiger partial charge in [-0.25, -0.2) is 0 Å². The number of thioether (sulfide) groups is 1. The number of hydrogen-bond acceptors (Lipinski definition) is 6. The highest BCUT2D eigenvalue weighted by Gasteiger charge is 2.47. The second-order valence-corrected chi connectivity index (χ2v) is 5.11. The summed E-state index contributed by atoms with van der Waals surface area (Å²) < 4.78 is 22.7. The maximum Gasteiger partial charge on any atom is 0.220 e. The van der Waals surface area contributed by atoms with Crippen LogP contribution in [0, 0.1) is 12.3 Å². The van der Waals surface area contributed by atoms with Gasteiger partial charge in [0.15, 0.2) is 12.4 Å². The molecule has 1 rings (SSSR count). The number of thiocarbonyl (C=S) groups is 1. The van der Waals surface area contributed by atoms with Crippen molar-refractivity contribution in [2.45, 2.75) is 37.9 Å². The van der Waals surface area contributed by atoms with Crippen molar-refractivity contribution in [2.75, 3.05) is 20.0 Å². The van der Waals surface area contributed by atoms with Gasteiger partial charge in [0.05, 0.1) is 0 Å². The van der Waals surface area contributed by atoms with Crippen LogP contribution in [0.1, 0.15) is 13.3 Å². The van der Waals surface area contributed by atoms with Gasteiger partial charge >= 0.3 is 0 Å². The lowest BCUT2D eigenvalue weighted by molar-refractivity contribution is -0.158. The van der Waals surface area contributed by atoms with Gasteiger partial charge in [-0.05, 0) is 24.9 Å². The Hall–Kier alpha value is -0.320. The summed E-state index contributed by atoms with van der Waals surface area (Å²) in [4.78, 5) is 0. The molecule has 0 spiro atoms. The van der Waals surface area contributed by atoms with Gasteiger partial charge in [0.25, 0.3) is 0 Å². The fraction of sp³-hybridized carbons (Fsp3) is 0.750. The lowest BCUT2D eigenvalue weighted by Gasteiger charge is -2.23. The molecular formula is C12H18O4S2. The Morgan fingerprint density at radius 1 is 1.50 bits per heavy atom. The van der Waals surface area contributed by atoms with E-state index in [2.05, 4.69) is 5.92 Å². The van der Waals surface area contributed by atoms with Crippen molar-refractivity contribution in [3.05, 3.63) is 0 Å². The largest absolute Gasteiger partial charge is 0.469 e. The Morgan fingerprint density at radius 3 is 2.72 bits per heavy atom. The third kappa shape index (κ3) is 3.84. The first kappa shape index (κ1) is 15.7.